The summed E-state index contributed by atoms with van der Waals surface area (Å²) in [7, 11) is 0. The minimum atomic E-state index is -0.763. The van der Waals surface area contributed by atoms with Gasteiger partial charge in [0.05, 0.1) is 11.8 Å². The highest BCUT2D eigenvalue weighted by Gasteiger charge is 2.51. The summed E-state index contributed by atoms with van der Waals surface area (Å²) >= 11 is 0. The van der Waals surface area contributed by atoms with Crippen molar-refractivity contribution in [3.8, 4) is 0 Å². The van der Waals surface area contributed by atoms with Crippen molar-refractivity contribution in [1.29, 1.82) is 0 Å². The maximum atomic E-state index is 13.1. The number of allylic oxidation sites excluding steroid dienone is 2. The molecule has 32 heavy (non-hydrogen) atoms. The van der Waals surface area contributed by atoms with Crippen LogP contribution in [0.3, 0.4) is 0 Å². The molecule has 7 nitrogen and oxygen atoms in total. The number of carbonyl (C=O) groups is 3. The molecule has 3 atom stereocenters. The molecule has 3 heterocycles. The van der Waals surface area contributed by atoms with Crippen molar-refractivity contribution in [2.45, 2.75) is 65.0 Å². The second kappa shape index (κ2) is 9.84. The summed E-state index contributed by atoms with van der Waals surface area (Å²) in [6.07, 6.45) is 11.0. The standard InChI is InChI=1S/C25H34N4O3/c1-17(2)14-21(29-24(31)19-8-4-5-9-20(19)25(29)32)23(30)27-16-18-10-11-22(26-15-18)28-12-6-3-7-13-28/h4-5,10-11,15,17,19-21H,3,6-9,12-14,16H2,1-2H3,(H,27,30). The second-order valence-corrected chi connectivity index (χ2v) is 9.64. The smallest absolute Gasteiger partial charge is 0.243 e. The maximum absolute atomic E-state index is 13.1. The fourth-order valence-corrected chi connectivity index (χ4v) is 5.05. The first-order valence-corrected chi connectivity index (χ1v) is 11.9. The van der Waals surface area contributed by atoms with Gasteiger partial charge in [0.1, 0.15) is 11.9 Å². The molecule has 3 unspecified atom stereocenters. The molecule has 172 valence electrons. The number of aromatic nitrogens is 1. The number of amides is 3. The predicted octanol–water partition coefficient (Wildman–Crippen LogP) is 3.05. The van der Waals surface area contributed by atoms with E-state index in [9.17, 15) is 14.4 Å². The summed E-state index contributed by atoms with van der Waals surface area (Å²) in [6, 6.07) is 3.23. The van der Waals surface area contributed by atoms with Gasteiger partial charge >= 0.3 is 0 Å². The predicted molar refractivity (Wildman–Crippen MR) is 123 cm³/mol. The van der Waals surface area contributed by atoms with Gasteiger partial charge in [-0.15, -0.1) is 0 Å². The van der Waals surface area contributed by atoms with Crippen LogP contribution in [0.15, 0.2) is 30.5 Å². The molecule has 1 aromatic rings. The molecule has 4 rings (SSSR count). The van der Waals surface area contributed by atoms with E-state index in [1.807, 2.05) is 38.1 Å². The molecule has 0 radical (unpaired) electrons. The number of likely N-dealkylation sites (tertiary alicyclic amines) is 1. The van der Waals surface area contributed by atoms with Gasteiger partial charge in [0.25, 0.3) is 0 Å². The first-order valence-electron chi connectivity index (χ1n) is 11.9. The Balaban J connectivity index is 1.41. The SMILES string of the molecule is CC(C)CC(C(=O)NCc1ccc(N2CCCCC2)nc1)N1C(=O)C2CC=CCC2C1=O. The van der Waals surface area contributed by atoms with Crippen molar-refractivity contribution in [3.05, 3.63) is 36.0 Å². The van der Waals surface area contributed by atoms with Crippen LogP contribution in [0.5, 0.6) is 0 Å². The van der Waals surface area contributed by atoms with Crippen LogP contribution in [0.25, 0.3) is 0 Å². The van der Waals surface area contributed by atoms with Gasteiger partial charge in [0.2, 0.25) is 17.7 Å². The molecule has 1 N–H and O–H groups in total. The van der Waals surface area contributed by atoms with Gasteiger partial charge in [-0.25, -0.2) is 4.98 Å². The Bertz CT molecular complexity index is 848. The van der Waals surface area contributed by atoms with Crippen LogP contribution in [0.2, 0.25) is 0 Å². The van der Waals surface area contributed by atoms with Gasteiger partial charge in [-0.1, -0.05) is 32.1 Å². The van der Waals surface area contributed by atoms with Crippen molar-refractivity contribution in [2.24, 2.45) is 17.8 Å². The quantitative estimate of drug-likeness (QED) is 0.523. The zero-order valence-corrected chi connectivity index (χ0v) is 19.1. The highest BCUT2D eigenvalue weighted by Crippen LogP contribution is 2.37. The third-order valence-corrected chi connectivity index (χ3v) is 6.81. The summed E-state index contributed by atoms with van der Waals surface area (Å²) in [5, 5.41) is 2.95. The normalized spacial score (nSPS) is 24.1. The van der Waals surface area contributed by atoms with Crippen molar-refractivity contribution in [2.75, 3.05) is 18.0 Å². The first-order chi connectivity index (χ1) is 15.5. The lowest BCUT2D eigenvalue weighted by Crippen LogP contribution is -2.50. The van der Waals surface area contributed by atoms with E-state index >= 15 is 0 Å². The van der Waals surface area contributed by atoms with E-state index < -0.39 is 6.04 Å². The number of hydrogen-bond donors (Lipinski definition) is 1. The van der Waals surface area contributed by atoms with E-state index in [0.717, 1.165) is 24.5 Å². The van der Waals surface area contributed by atoms with E-state index in [2.05, 4.69) is 15.2 Å². The summed E-state index contributed by atoms with van der Waals surface area (Å²) in [4.78, 5) is 47.3. The summed E-state index contributed by atoms with van der Waals surface area (Å²) in [5.41, 5.74) is 0.902. The van der Waals surface area contributed by atoms with Gasteiger partial charge in [-0.3, -0.25) is 19.3 Å². The minimum Gasteiger partial charge on any atom is -0.357 e. The average Bonchev–Trinajstić information content (AvgIpc) is 3.07. The summed E-state index contributed by atoms with van der Waals surface area (Å²) in [5.74, 6) is -0.148. The number of piperidine rings is 1. The maximum Gasteiger partial charge on any atom is 0.243 e. The third-order valence-electron chi connectivity index (χ3n) is 6.81. The number of pyridine rings is 1. The second-order valence-electron chi connectivity index (χ2n) is 9.64. The number of fused-ring (bicyclic) bond motifs is 1. The average molecular weight is 439 g/mol. The van der Waals surface area contributed by atoms with Gasteiger partial charge in [0.15, 0.2) is 0 Å². The highest BCUT2D eigenvalue weighted by molar-refractivity contribution is 6.08. The molecule has 3 amide bonds. The number of carbonyl (C=O) groups excluding carboxylic acids is 3. The van der Waals surface area contributed by atoms with Crippen LogP contribution in [-0.2, 0) is 20.9 Å². The van der Waals surface area contributed by atoms with E-state index in [4.69, 9.17) is 0 Å². The van der Waals surface area contributed by atoms with Crippen LogP contribution < -0.4 is 10.2 Å². The van der Waals surface area contributed by atoms with Crippen LogP contribution in [-0.4, -0.2) is 46.7 Å². The molecule has 0 aromatic carbocycles. The number of nitrogens with zero attached hydrogens (tertiary/aromatic N) is 3. The van der Waals surface area contributed by atoms with Crippen LogP contribution >= 0.6 is 0 Å². The monoisotopic (exact) mass is 438 g/mol. The van der Waals surface area contributed by atoms with E-state index in [0.29, 0.717) is 25.8 Å². The van der Waals surface area contributed by atoms with Gasteiger partial charge in [0, 0.05) is 25.8 Å². The molecule has 1 aromatic heterocycles. The van der Waals surface area contributed by atoms with Crippen LogP contribution in [0.1, 0.15) is 57.9 Å². The molecular weight excluding hydrogens is 404 g/mol. The van der Waals surface area contributed by atoms with Crippen molar-refractivity contribution in [1.82, 2.24) is 15.2 Å². The van der Waals surface area contributed by atoms with E-state index in [1.165, 1.54) is 24.2 Å². The van der Waals surface area contributed by atoms with E-state index in [-0.39, 0.29) is 35.5 Å². The molecule has 2 fully saturated rings. The molecule has 0 bridgehead atoms. The Kier molecular flexibility index (Phi) is 6.92. The first kappa shape index (κ1) is 22.5. The molecule has 0 saturated carbocycles. The molecule has 2 saturated heterocycles. The van der Waals surface area contributed by atoms with Crippen LogP contribution in [0.4, 0.5) is 5.82 Å². The number of nitrogens with one attached hydrogen (secondary N) is 1. The van der Waals surface area contributed by atoms with Crippen LogP contribution in [0, 0.1) is 17.8 Å². The molecular formula is C25H34N4O3. The van der Waals surface area contributed by atoms with E-state index in [1.54, 1.807) is 6.20 Å². The van der Waals surface area contributed by atoms with Gasteiger partial charge < -0.3 is 10.2 Å². The molecule has 3 aliphatic rings. The number of hydrogen-bond acceptors (Lipinski definition) is 5. The zero-order valence-electron chi connectivity index (χ0n) is 19.1. The van der Waals surface area contributed by atoms with Crippen molar-refractivity contribution in [3.63, 3.8) is 0 Å². The molecule has 7 heteroatoms. The van der Waals surface area contributed by atoms with Gasteiger partial charge in [-0.05, 0) is 56.1 Å². The topological polar surface area (TPSA) is 82.6 Å². The molecule has 1 aliphatic carbocycles. The summed E-state index contributed by atoms with van der Waals surface area (Å²) in [6.45, 7) is 6.41. The Morgan fingerprint density at radius 2 is 1.72 bits per heavy atom. The Labute approximate surface area is 190 Å². The zero-order chi connectivity index (χ0) is 22.7. The lowest BCUT2D eigenvalue weighted by molar-refractivity contribution is -0.148. The highest BCUT2D eigenvalue weighted by atomic mass is 16.2. The van der Waals surface area contributed by atoms with Crippen molar-refractivity contribution < 1.29 is 14.4 Å². The Morgan fingerprint density at radius 3 is 2.28 bits per heavy atom. The van der Waals surface area contributed by atoms with Crippen molar-refractivity contribution >= 4 is 23.5 Å². The fraction of sp³-hybridized carbons (Fsp3) is 0.600. The molecule has 0 spiro atoms. The molecule has 2 aliphatic heterocycles. The fourth-order valence-electron chi connectivity index (χ4n) is 5.05. The number of imide groups is 1. The minimum absolute atomic E-state index is 0.178. The largest absolute Gasteiger partial charge is 0.357 e. The third kappa shape index (κ3) is 4.71. The summed E-state index contributed by atoms with van der Waals surface area (Å²) < 4.78 is 0. The number of rotatable bonds is 7. The Hall–Kier alpha value is -2.70. The lowest BCUT2D eigenvalue weighted by Gasteiger charge is -2.28. The Morgan fingerprint density at radius 1 is 1.06 bits per heavy atom. The lowest BCUT2D eigenvalue weighted by atomic mass is 9.85. The number of anilines is 1. The van der Waals surface area contributed by atoms with Gasteiger partial charge in [-0.2, -0.15) is 0 Å².